The third-order valence-electron chi connectivity index (χ3n) is 3.82. The zero-order valence-electron chi connectivity index (χ0n) is 11.5. The summed E-state index contributed by atoms with van der Waals surface area (Å²) in [6.07, 6.45) is 3.88. The molecule has 1 heterocycles. The lowest BCUT2D eigenvalue weighted by molar-refractivity contribution is -0.144. The highest BCUT2D eigenvalue weighted by Gasteiger charge is 2.36. The summed E-state index contributed by atoms with van der Waals surface area (Å²) in [5.74, 6) is -0.218. The van der Waals surface area contributed by atoms with E-state index in [9.17, 15) is 4.79 Å². The Labute approximate surface area is 114 Å². The van der Waals surface area contributed by atoms with Gasteiger partial charge in [-0.3, -0.25) is 9.69 Å². The zero-order chi connectivity index (χ0) is 13.7. The molecule has 1 aliphatic rings. The van der Waals surface area contributed by atoms with Crippen molar-refractivity contribution in [1.29, 1.82) is 0 Å². The number of esters is 1. The van der Waals surface area contributed by atoms with Gasteiger partial charge in [-0.05, 0) is 24.8 Å². The number of carbonyl (C=O) groups excluding carboxylic acids is 1. The Kier molecular flexibility index (Phi) is 4.56. The van der Waals surface area contributed by atoms with E-state index in [0.717, 1.165) is 32.2 Å². The van der Waals surface area contributed by atoms with Crippen LogP contribution in [-0.4, -0.2) is 36.7 Å². The molecule has 19 heavy (non-hydrogen) atoms. The Morgan fingerprint density at radius 3 is 2.79 bits per heavy atom. The number of carbonyl (C=O) groups is 1. The summed E-state index contributed by atoms with van der Waals surface area (Å²) in [4.78, 5) is 13.6. The van der Waals surface area contributed by atoms with Gasteiger partial charge in [-0.25, -0.2) is 0 Å². The molecule has 2 rings (SSSR count). The second kappa shape index (κ2) is 6.17. The lowest BCUT2D eigenvalue weighted by Gasteiger charge is -2.44. The van der Waals surface area contributed by atoms with Crippen molar-refractivity contribution < 1.29 is 9.53 Å². The van der Waals surface area contributed by atoms with Crippen LogP contribution in [0, 0.1) is 0 Å². The van der Waals surface area contributed by atoms with Crippen molar-refractivity contribution >= 4 is 5.97 Å². The molecule has 1 atom stereocenters. The lowest BCUT2D eigenvalue weighted by atomic mass is 9.89. The Bertz CT molecular complexity index is 421. The molecule has 0 aliphatic carbocycles. The van der Waals surface area contributed by atoms with E-state index in [1.54, 1.807) is 0 Å². The molecule has 0 spiro atoms. The summed E-state index contributed by atoms with van der Waals surface area (Å²) in [5, 5.41) is 0. The van der Waals surface area contributed by atoms with Crippen LogP contribution in [0.3, 0.4) is 0 Å². The van der Waals surface area contributed by atoms with Gasteiger partial charge in [0, 0.05) is 13.0 Å². The van der Waals surface area contributed by atoms with Gasteiger partial charge in [-0.1, -0.05) is 30.3 Å². The van der Waals surface area contributed by atoms with Gasteiger partial charge in [0.25, 0.3) is 0 Å². The monoisotopic (exact) mass is 262 g/mol. The van der Waals surface area contributed by atoms with Crippen molar-refractivity contribution in [2.24, 2.45) is 5.73 Å². The van der Waals surface area contributed by atoms with Crippen LogP contribution in [0.25, 0.3) is 0 Å². The minimum atomic E-state index is -0.437. The van der Waals surface area contributed by atoms with Gasteiger partial charge in [-0.2, -0.15) is 0 Å². The molecule has 2 N–H and O–H groups in total. The van der Waals surface area contributed by atoms with E-state index in [1.165, 1.54) is 12.7 Å². The summed E-state index contributed by atoms with van der Waals surface area (Å²) >= 11 is 0. The molecule has 1 aromatic carbocycles. The highest BCUT2D eigenvalue weighted by molar-refractivity contribution is 5.71. The molecular weight excluding hydrogens is 240 g/mol. The fourth-order valence-electron chi connectivity index (χ4n) is 2.72. The van der Waals surface area contributed by atoms with Crippen molar-refractivity contribution in [2.75, 3.05) is 20.2 Å². The molecule has 0 amide bonds. The number of hydrogen-bond acceptors (Lipinski definition) is 4. The first kappa shape index (κ1) is 14.0. The number of nitrogens with zero attached hydrogens (tertiary/aromatic N) is 1. The van der Waals surface area contributed by atoms with Gasteiger partial charge in [0.1, 0.15) is 0 Å². The van der Waals surface area contributed by atoms with Gasteiger partial charge >= 0.3 is 5.97 Å². The van der Waals surface area contributed by atoms with E-state index in [0.29, 0.717) is 0 Å². The number of piperidine rings is 1. The van der Waals surface area contributed by atoms with E-state index in [-0.39, 0.29) is 12.5 Å². The minimum absolute atomic E-state index is 0.218. The van der Waals surface area contributed by atoms with Crippen molar-refractivity contribution in [3.63, 3.8) is 0 Å². The van der Waals surface area contributed by atoms with E-state index in [1.807, 2.05) is 18.2 Å². The fourth-order valence-corrected chi connectivity index (χ4v) is 2.72. The largest absolute Gasteiger partial charge is 0.468 e. The van der Waals surface area contributed by atoms with Gasteiger partial charge < -0.3 is 10.5 Å². The molecule has 1 unspecified atom stereocenters. The molecule has 104 valence electrons. The second-order valence-corrected chi connectivity index (χ2v) is 5.22. The Balaban J connectivity index is 2.10. The predicted molar refractivity (Wildman–Crippen MR) is 74.5 cm³/mol. The molecular formula is C15H22N2O2. The molecule has 4 heteroatoms. The van der Waals surface area contributed by atoms with Crippen molar-refractivity contribution in [3.05, 3.63) is 35.9 Å². The van der Waals surface area contributed by atoms with Crippen molar-refractivity contribution in [1.82, 2.24) is 4.90 Å². The Hall–Kier alpha value is -1.39. The first-order valence-corrected chi connectivity index (χ1v) is 6.79. The zero-order valence-corrected chi connectivity index (χ0v) is 11.5. The second-order valence-electron chi connectivity index (χ2n) is 5.22. The van der Waals surface area contributed by atoms with Gasteiger partial charge in [0.05, 0.1) is 19.3 Å². The molecule has 4 nitrogen and oxygen atoms in total. The molecule has 1 aromatic rings. The van der Waals surface area contributed by atoms with Crippen LogP contribution in [0.2, 0.25) is 0 Å². The average molecular weight is 262 g/mol. The predicted octanol–water partition coefficient (Wildman–Crippen LogP) is 1.54. The summed E-state index contributed by atoms with van der Waals surface area (Å²) in [6, 6.07) is 10.2. The normalized spacial score (nSPS) is 24.1. The van der Waals surface area contributed by atoms with Crippen LogP contribution in [0.1, 0.15) is 24.8 Å². The fraction of sp³-hybridized carbons (Fsp3) is 0.533. The number of rotatable bonds is 4. The Morgan fingerprint density at radius 1 is 1.37 bits per heavy atom. The third kappa shape index (κ3) is 3.55. The number of methoxy groups -OCH3 is 1. The number of hydrogen-bond donors (Lipinski definition) is 1. The number of benzene rings is 1. The molecule has 0 radical (unpaired) electrons. The highest BCUT2D eigenvalue weighted by Crippen LogP contribution is 2.27. The van der Waals surface area contributed by atoms with E-state index >= 15 is 0 Å². The molecule has 1 aliphatic heterocycles. The maximum Gasteiger partial charge on any atom is 0.319 e. The number of likely N-dealkylation sites (tertiary alicyclic amines) is 1. The van der Waals surface area contributed by atoms with E-state index in [2.05, 4.69) is 17.0 Å². The van der Waals surface area contributed by atoms with Crippen LogP contribution in [0.4, 0.5) is 0 Å². The van der Waals surface area contributed by atoms with Crippen LogP contribution in [0.15, 0.2) is 30.3 Å². The third-order valence-corrected chi connectivity index (χ3v) is 3.82. The van der Waals surface area contributed by atoms with Crippen molar-refractivity contribution in [2.45, 2.75) is 31.3 Å². The summed E-state index contributed by atoms with van der Waals surface area (Å²) in [7, 11) is 1.42. The smallest absolute Gasteiger partial charge is 0.319 e. The van der Waals surface area contributed by atoms with Crippen LogP contribution in [-0.2, 0) is 16.0 Å². The van der Waals surface area contributed by atoms with Crippen LogP contribution in [0.5, 0.6) is 0 Å². The average Bonchev–Trinajstić information content (AvgIpc) is 2.42. The maximum absolute atomic E-state index is 11.5. The minimum Gasteiger partial charge on any atom is -0.468 e. The van der Waals surface area contributed by atoms with Gasteiger partial charge in [0.2, 0.25) is 0 Å². The van der Waals surface area contributed by atoms with Gasteiger partial charge in [-0.15, -0.1) is 0 Å². The maximum atomic E-state index is 11.5. The van der Waals surface area contributed by atoms with E-state index in [4.69, 9.17) is 10.5 Å². The summed E-state index contributed by atoms with van der Waals surface area (Å²) in [6.45, 7) is 1.14. The van der Waals surface area contributed by atoms with Crippen molar-refractivity contribution in [3.8, 4) is 0 Å². The SMILES string of the molecule is COC(=O)CN1CCCCC1(N)Cc1ccccc1. The topological polar surface area (TPSA) is 55.6 Å². The number of nitrogens with two attached hydrogens (primary N) is 1. The lowest BCUT2D eigenvalue weighted by Crippen LogP contribution is -2.61. The highest BCUT2D eigenvalue weighted by atomic mass is 16.5. The summed E-state index contributed by atoms with van der Waals surface area (Å²) in [5.41, 5.74) is 7.33. The molecule has 0 saturated carbocycles. The van der Waals surface area contributed by atoms with Crippen LogP contribution >= 0.6 is 0 Å². The first-order valence-electron chi connectivity index (χ1n) is 6.79. The molecule has 1 fully saturated rings. The molecule has 0 bridgehead atoms. The summed E-state index contributed by atoms with van der Waals surface area (Å²) < 4.78 is 4.76. The van der Waals surface area contributed by atoms with Gasteiger partial charge in [0.15, 0.2) is 0 Å². The number of ether oxygens (including phenoxy) is 1. The first-order chi connectivity index (χ1) is 9.14. The van der Waals surface area contributed by atoms with Crippen LogP contribution < -0.4 is 5.73 Å². The van der Waals surface area contributed by atoms with E-state index < -0.39 is 5.66 Å². The quantitative estimate of drug-likeness (QED) is 0.836. The molecule has 0 aromatic heterocycles. The standard InChI is InChI=1S/C15H22N2O2/c1-19-14(18)12-17-10-6-5-9-15(17,16)11-13-7-3-2-4-8-13/h2-4,7-8H,5-6,9-12,16H2,1H3. The molecule has 1 saturated heterocycles. The Morgan fingerprint density at radius 2 is 2.11 bits per heavy atom.